The molecule has 102 valence electrons. The number of hydrogen-bond donors (Lipinski definition) is 0. The zero-order valence-electron chi connectivity index (χ0n) is 11.2. The lowest BCUT2D eigenvalue weighted by atomic mass is 10.2. The molecule has 1 aliphatic heterocycles. The van der Waals surface area contributed by atoms with E-state index in [1.165, 1.54) is 16.2 Å². The highest BCUT2D eigenvalue weighted by Crippen LogP contribution is 2.35. The maximum atomic E-state index is 6.38. The third-order valence-electron chi connectivity index (χ3n) is 3.70. The van der Waals surface area contributed by atoms with Crippen LogP contribution in [0.1, 0.15) is 22.3 Å². The molecule has 0 aromatic carbocycles. The minimum absolute atomic E-state index is 0.281. The summed E-state index contributed by atoms with van der Waals surface area (Å²) in [4.78, 5) is 13.9. The minimum Gasteiger partial charge on any atom is -0.295 e. The first kappa shape index (κ1) is 13.6. The van der Waals surface area contributed by atoms with Crippen molar-refractivity contribution in [3.05, 3.63) is 21.4 Å². The summed E-state index contributed by atoms with van der Waals surface area (Å²) in [6.45, 7) is 5.28. The first-order valence-electron chi connectivity index (χ1n) is 6.29. The molecule has 0 radical (unpaired) electrons. The number of nitrogens with zero attached hydrogens (tertiary/aromatic N) is 3. The Morgan fingerprint density at radius 2 is 2.11 bits per heavy atom. The zero-order chi connectivity index (χ0) is 13.6. The van der Waals surface area contributed by atoms with Gasteiger partial charge in [-0.2, -0.15) is 11.8 Å². The van der Waals surface area contributed by atoms with Gasteiger partial charge in [0, 0.05) is 22.9 Å². The van der Waals surface area contributed by atoms with Crippen LogP contribution < -0.4 is 0 Å². The van der Waals surface area contributed by atoms with E-state index in [4.69, 9.17) is 16.6 Å². The van der Waals surface area contributed by atoms with Crippen LogP contribution >= 0.6 is 34.7 Å². The molecule has 1 saturated heterocycles. The standard InChI is InChI=1S/C13H16ClN3S2/c1-7-8(2)19-13-10(7)11(14)15-12(16-13)9-6-18-5-4-17(9)3/h9H,4-6H2,1-3H3. The maximum Gasteiger partial charge on any atom is 0.149 e. The molecular weight excluding hydrogens is 298 g/mol. The number of aryl methyl sites for hydroxylation is 2. The van der Waals surface area contributed by atoms with Crippen LogP contribution in [-0.2, 0) is 0 Å². The predicted molar refractivity (Wildman–Crippen MR) is 84.6 cm³/mol. The van der Waals surface area contributed by atoms with Gasteiger partial charge < -0.3 is 0 Å². The van der Waals surface area contributed by atoms with Crippen LogP contribution in [0.4, 0.5) is 0 Å². The fourth-order valence-electron chi connectivity index (χ4n) is 2.32. The van der Waals surface area contributed by atoms with Crippen LogP contribution in [0.3, 0.4) is 0 Å². The van der Waals surface area contributed by atoms with Crippen molar-refractivity contribution in [3.63, 3.8) is 0 Å². The monoisotopic (exact) mass is 313 g/mol. The molecule has 3 heterocycles. The molecule has 1 atom stereocenters. The topological polar surface area (TPSA) is 29.0 Å². The van der Waals surface area contributed by atoms with E-state index in [2.05, 4.69) is 30.8 Å². The second-order valence-electron chi connectivity index (χ2n) is 4.91. The van der Waals surface area contributed by atoms with Crippen LogP contribution in [0.25, 0.3) is 10.2 Å². The van der Waals surface area contributed by atoms with E-state index in [1.807, 2.05) is 11.8 Å². The fraction of sp³-hybridized carbons (Fsp3) is 0.538. The number of halogens is 1. The molecule has 0 aliphatic carbocycles. The summed E-state index contributed by atoms with van der Waals surface area (Å²) in [5.74, 6) is 3.09. The van der Waals surface area contributed by atoms with Gasteiger partial charge in [0.05, 0.1) is 11.4 Å². The Balaban J connectivity index is 2.10. The zero-order valence-corrected chi connectivity index (χ0v) is 13.6. The molecule has 19 heavy (non-hydrogen) atoms. The molecule has 3 nitrogen and oxygen atoms in total. The van der Waals surface area contributed by atoms with Crippen LogP contribution in [0, 0.1) is 13.8 Å². The van der Waals surface area contributed by atoms with Crippen molar-refractivity contribution in [1.82, 2.24) is 14.9 Å². The van der Waals surface area contributed by atoms with E-state index in [0.29, 0.717) is 5.15 Å². The molecule has 1 aliphatic rings. The first-order valence-corrected chi connectivity index (χ1v) is 8.64. The summed E-state index contributed by atoms with van der Waals surface area (Å²) in [6.07, 6.45) is 0. The molecule has 2 aromatic rings. The number of thiophene rings is 1. The Morgan fingerprint density at radius 3 is 2.84 bits per heavy atom. The predicted octanol–water partition coefficient (Wildman–Crippen LogP) is 3.68. The van der Waals surface area contributed by atoms with Crippen molar-refractivity contribution in [2.24, 2.45) is 0 Å². The smallest absolute Gasteiger partial charge is 0.149 e. The third-order valence-corrected chi connectivity index (χ3v) is 6.09. The van der Waals surface area contributed by atoms with E-state index in [-0.39, 0.29) is 6.04 Å². The molecule has 0 amide bonds. The lowest BCUT2D eigenvalue weighted by Crippen LogP contribution is -2.33. The highest BCUT2D eigenvalue weighted by molar-refractivity contribution is 7.99. The average molecular weight is 314 g/mol. The second-order valence-corrected chi connectivity index (χ2v) is 7.62. The molecule has 1 fully saturated rings. The molecule has 0 bridgehead atoms. The van der Waals surface area contributed by atoms with Gasteiger partial charge in [-0.15, -0.1) is 11.3 Å². The summed E-state index contributed by atoms with van der Waals surface area (Å²) in [5.41, 5.74) is 1.21. The number of aromatic nitrogens is 2. The van der Waals surface area contributed by atoms with E-state index >= 15 is 0 Å². The average Bonchev–Trinajstić information content (AvgIpc) is 2.66. The van der Waals surface area contributed by atoms with E-state index in [9.17, 15) is 0 Å². The summed E-state index contributed by atoms with van der Waals surface area (Å²) in [7, 11) is 2.14. The third kappa shape index (κ3) is 2.37. The Morgan fingerprint density at radius 1 is 1.32 bits per heavy atom. The highest BCUT2D eigenvalue weighted by atomic mass is 35.5. The van der Waals surface area contributed by atoms with E-state index in [1.54, 1.807) is 11.3 Å². The van der Waals surface area contributed by atoms with Gasteiger partial charge in [-0.3, -0.25) is 4.90 Å². The number of fused-ring (bicyclic) bond motifs is 1. The van der Waals surface area contributed by atoms with Gasteiger partial charge in [0.2, 0.25) is 0 Å². The van der Waals surface area contributed by atoms with Crippen molar-refractivity contribution in [2.45, 2.75) is 19.9 Å². The van der Waals surface area contributed by atoms with Crippen molar-refractivity contribution in [2.75, 3.05) is 25.1 Å². The van der Waals surface area contributed by atoms with Crippen LogP contribution in [0.5, 0.6) is 0 Å². The Labute approximate surface area is 126 Å². The first-order chi connectivity index (χ1) is 9.08. The number of rotatable bonds is 1. The molecule has 6 heteroatoms. The van der Waals surface area contributed by atoms with Crippen molar-refractivity contribution < 1.29 is 0 Å². The fourth-order valence-corrected chi connectivity index (χ4v) is 4.94. The van der Waals surface area contributed by atoms with Crippen molar-refractivity contribution in [3.8, 4) is 0 Å². The Bertz CT molecular complexity index is 626. The maximum absolute atomic E-state index is 6.38. The van der Waals surface area contributed by atoms with Gasteiger partial charge in [-0.05, 0) is 26.5 Å². The summed E-state index contributed by atoms with van der Waals surface area (Å²) < 4.78 is 0. The van der Waals surface area contributed by atoms with E-state index in [0.717, 1.165) is 28.3 Å². The van der Waals surface area contributed by atoms with Crippen LogP contribution in [-0.4, -0.2) is 40.0 Å². The quantitative estimate of drug-likeness (QED) is 0.751. The molecule has 0 saturated carbocycles. The van der Waals surface area contributed by atoms with Crippen LogP contribution in [0.15, 0.2) is 0 Å². The molecule has 1 unspecified atom stereocenters. The summed E-state index contributed by atoms with van der Waals surface area (Å²) in [6, 6.07) is 0.281. The van der Waals surface area contributed by atoms with Gasteiger partial charge >= 0.3 is 0 Å². The van der Waals surface area contributed by atoms with Gasteiger partial charge in [0.15, 0.2) is 0 Å². The summed E-state index contributed by atoms with van der Waals surface area (Å²) in [5, 5.41) is 1.63. The number of hydrogen-bond acceptors (Lipinski definition) is 5. The largest absolute Gasteiger partial charge is 0.295 e. The van der Waals surface area contributed by atoms with Gasteiger partial charge in [-0.25, -0.2) is 9.97 Å². The molecule has 3 rings (SSSR count). The normalized spacial score (nSPS) is 21.2. The van der Waals surface area contributed by atoms with Crippen LogP contribution in [0.2, 0.25) is 5.15 Å². The summed E-state index contributed by atoms with van der Waals surface area (Å²) >= 11 is 10.0. The van der Waals surface area contributed by atoms with Crippen molar-refractivity contribution >= 4 is 44.9 Å². The second kappa shape index (κ2) is 5.20. The molecule has 0 spiro atoms. The molecule has 0 N–H and O–H groups in total. The molecule has 2 aromatic heterocycles. The Hall–Kier alpha value is -0.360. The highest BCUT2D eigenvalue weighted by Gasteiger charge is 2.25. The molecular formula is C13H16ClN3S2. The lowest BCUT2D eigenvalue weighted by Gasteiger charge is -2.30. The number of thioether (sulfide) groups is 1. The van der Waals surface area contributed by atoms with Gasteiger partial charge in [0.1, 0.15) is 15.8 Å². The lowest BCUT2D eigenvalue weighted by molar-refractivity contribution is 0.265. The SMILES string of the molecule is Cc1sc2nc(C3CSCCN3C)nc(Cl)c2c1C. The van der Waals surface area contributed by atoms with Gasteiger partial charge in [-0.1, -0.05) is 11.6 Å². The Kier molecular flexibility index (Phi) is 3.73. The minimum atomic E-state index is 0.281. The van der Waals surface area contributed by atoms with Gasteiger partial charge in [0.25, 0.3) is 0 Å². The van der Waals surface area contributed by atoms with Crippen molar-refractivity contribution in [1.29, 1.82) is 0 Å². The van der Waals surface area contributed by atoms with E-state index < -0.39 is 0 Å².